The van der Waals surface area contributed by atoms with Gasteiger partial charge in [-0.2, -0.15) is 0 Å². The van der Waals surface area contributed by atoms with Gasteiger partial charge in [0.15, 0.2) is 0 Å². The van der Waals surface area contributed by atoms with E-state index in [1.54, 1.807) is 0 Å². The van der Waals surface area contributed by atoms with Crippen LogP contribution in [0.1, 0.15) is 33.1 Å². The Morgan fingerprint density at radius 3 is 2.50 bits per heavy atom. The maximum Gasteiger partial charge on any atom is 0.117 e. The Morgan fingerprint density at radius 1 is 1.50 bits per heavy atom. The zero-order valence-electron chi connectivity index (χ0n) is 6.76. The van der Waals surface area contributed by atoms with E-state index in [0.717, 1.165) is 19.3 Å². The maximum absolute atomic E-state index is 8.93. The Kier molecular flexibility index (Phi) is 2.32. The molecule has 2 atom stereocenters. The number of aliphatic hydroxyl groups excluding tert-OH is 1. The zero-order chi connectivity index (χ0) is 7.61. The lowest BCUT2D eigenvalue weighted by molar-refractivity contribution is 0.168. The monoisotopic (exact) mass is 144 g/mol. The van der Waals surface area contributed by atoms with Gasteiger partial charge in [0, 0.05) is 0 Å². The van der Waals surface area contributed by atoms with Crippen LogP contribution >= 0.6 is 0 Å². The first kappa shape index (κ1) is 8.02. The van der Waals surface area contributed by atoms with E-state index in [1.165, 1.54) is 0 Å². The summed E-state index contributed by atoms with van der Waals surface area (Å²) in [5.41, 5.74) is -0.143. The molecule has 0 aliphatic carbocycles. The van der Waals surface area contributed by atoms with Crippen molar-refractivity contribution < 1.29 is 9.84 Å². The lowest BCUT2D eigenvalue weighted by atomic mass is 10.0. The van der Waals surface area contributed by atoms with Gasteiger partial charge in [-0.05, 0) is 12.8 Å². The van der Waals surface area contributed by atoms with Crippen molar-refractivity contribution in [3.8, 4) is 0 Å². The fraction of sp³-hybridized carbons (Fsp3) is 1.00. The first-order chi connectivity index (χ1) is 4.79. The maximum atomic E-state index is 8.93. The highest BCUT2D eigenvalue weighted by Gasteiger charge is 2.53. The number of hydrogen-bond donors (Lipinski definition) is 1. The van der Waals surface area contributed by atoms with Crippen LogP contribution in [0.25, 0.3) is 0 Å². The molecular formula is C8H16O2. The number of hydrogen-bond acceptors (Lipinski definition) is 2. The first-order valence-corrected chi connectivity index (χ1v) is 4.07. The van der Waals surface area contributed by atoms with Gasteiger partial charge < -0.3 is 9.84 Å². The van der Waals surface area contributed by atoms with Gasteiger partial charge in [0.2, 0.25) is 0 Å². The average Bonchev–Trinajstić information content (AvgIpc) is 2.65. The van der Waals surface area contributed by atoms with Crippen molar-refractivity contribution in [3.05, 3.63) is 0 Å². The van der Waals surface area contributed by atoms with Crippen molar-refractivity contribution in [2.45, 2.75) is 44.8 Å². The minimum absolute atomic E-state index is 0.143. The smallest absolute Gasteiger partial charge is 0.117 e. The van der Waals surface area contributed by atoms with Gasteiger partial charge in [0.05, 0.1) is 12.7 Å². The molecule has 0 unspecified atom stereocenters. The van der Waals surface area contributed by atoms with Crippen molar-refractivity contribution >= 4 is 0 Å². The summed E-state index contributed by atoms with van der Waals surface area (Å²) in [5, 5.41) is 8.93. The topological polar surface area (TPSA) is 32.8 Å². The van der Waals surface area contributed by atoms with Crippen LogP contribution < -0.4 is 0 Å². The van der Waals surface area contributed by atoms with E-state index in [-0.39, 0.29) is 12.2 Å². The van der Waals surface area contributed by atoms with Crippen LogP contribution in [-0.2, 0) is 4.74 Å². The predicted molar refractivity (Wildman–Crippen MR) is 39.9 cm³/mol. The molecule has 1 heterocycles. The molecule has 2 heteroatoms. The molecule has 2 nitrogen and oxygen atoms in total. The predicted octanol–water partition coefficient (Wildman–Crippen LogP) is 1.33. The van der Waals surface area contributed by atoms with Gasteiger partial charge in [-0.25, -0.2) is 0 Å². The molecule has 0 aromatic heterocycles. The van der Waals surface area contributed by atoms with Gasteiger partial charge in [-0.3, -0.25) is 0 Å². The highest BCUT2D eigenvalue weighted by molar-refractivity contribution is 5.00. The van der Waals surface area contributed by atoms with Crippen LogP contribution in [0.3, 0.4) is 0 Å². The van der Waals surface area contributed by atoms with E-state index in [0.29, 0.717) is 6.10 Å². The summed E-state index contributed by atoms with van der Waals surface area (Å²) in [6, 6.07) is 0. The molecule has 0 radical (unpaired) electrons. The van der Waals surface area contributed by atoms with Crippen molar-refractivity contribution in [1.82, 2.24) is 0 Å². The number of rotatable bonds is 4. The third-order valence-corrected chi connectivity index (χ3v) is 2.32. The fourth-order valence-electron chi connectivity index (χ4n) is 1.40. The molecule has 1 N–H and O–H groups in total. The van der Waals surface area contributed by atoms with Crippen LogP contribution in [0, 0.1) is 0 Å². The fourth-order valence-corrected chi connectivity index (χ4v) is 1.40. The van der Waals surface area contributed by atoms with Gasteiger partial charge >= 0.3 is 0 Å². The first-order valence-electron chi connectivity index (χ1n) is 4.07. The van der Waals surface area contributed by atoms with Crippen molar-refractivity contribution in [3.63, 3.8) is 0 Å². The lowest BCUT2D eigenvalue weighted by Gasteiger charge is -2.03. The molecule has 0 bridgehead atoms. The minimum atomic E-state index is -0.143. The third kappa shape index (κ3) is 1.18. The molecule has 0 aromatic carbocycles. The second-order valence-electron chi connectivity index (χ2n) is 2.97. The molecule has 0 aromatic rings. The Labute approximate surface area is 62.2 Å². The quantitative estimate of drug-likeness (QED) is 0.604. The summed E-state index contributed by atoms with van der Waals surface area (Å²) in [6.45, 7) is 4.39. The van der Waals surface area contributed by atoms with Gasteiger partial charge in [0.25, 0.3) is 0 Å². The van der Waals surface area contributed by atoms with Crippen LogP contribution in [0.5, 0.6) is 0 Å². The molecule has 0 saturated carbocycles. The third-order valence-electron chi connectivity index (χ3n) is 2.32. The highest BCUT2D eigenvalue weighted by Crippen LogP contribution is 2.41. The van der Waals surface area contributed by atoms with Gasteiger partial charge in [-0.15, -0.1) is 0 Å². The highest BCUT2D eigenvalue weighted by atomic mass is 16.6. The summed E-state index contributed by atoms with van der Waals surface area (Å²) in [6.07, 6.45) is 3.52. The summed E-state index contributed by atoms with van der Waals surface area (Å²) in [5.74, 6) is 0. The van der Waals surface area contributed by atoms with E-state index in [9.17, 15) is 0 Å². The van der Waals surface area contributed by atoms with Crippen molar-refractivity contribution in [2.75, 3.05) is 6.61 Å². The van der Waals surface area contributed by atoms with E-state index >= 15 is 0 Å². The van der Waals surface area contributed by atoms with Crippen LogP contribution in [0.15, 0.2) is 0 Å². The average molecular weight is 144 g/mol. The molecular weight excluding hydrogens is 128 g/mol. The summed E-state index contributed by atoms with van der Waals surface area (Å²) >= 11 is 0. The van der Waals surface area contributed by atoms with Crippen LogP contribution in [0.4, 0.5) is 0 Å². The summed E-state index contributed by atoms with van der Waals surface area (Å²) < 4.78 is 5.39. The Balaban J connectivity index is 2.30. The number of epoxide rings is 1. The Morgan fingerprint density at radius 2 is 2.20 bits per heavy atom. The molecule has 1 fully saturated rings. The van der Waals surface area contributed by atoms with Crippen LogP contribution in [0.2, 0.25) is 0 Å². The zero-order valence-corrected chi connectivity index (χ0v) is 6.76. The standard InChI is InChI=1S/C8H16O2/c1-3-5-7-8(4-2,6-9)10-7/h7,9H,3-6H2,1-2H3/t7-,8+/m0/s1. The lowest BCUT2D eigenvalue weighted by Crippen LogP contribution is -2.18. The Bertz CT molecular complexity index is 108. The van der Waals surface area contributed by atoms with E-state index in [2.05, 4.69) is 13.8 Å². The van der Waals surface area contributed by atoms with Crippen molar-refractivity contribution in [1.29, 1.82) is 0 Å². The molecule has 0 spiro atoms. The molecule has 1 aliphatic rings. The van der Waals surface area contributed by atoms with Gasteiger partial charge in [-0.1, -0.05) is 20.3 Å². The molecule has 0 amide bonds. The largest absolute Gasteiger partial charge is 0.393 e. The minimum Gasteiger partial charge on any atom is -0.393 e. The SMILES string of the molecule is CCC[C@@H]1O[C@]1(CC)CO. The second-order valence-corrected chi connectivity index (χ2v) is 2.97. The number of aliphatic hydroxyl groups is 1. The van der Waals surface area contributed by atoms with Crippen LogP contribution in [-0.4, -0.2) is 23.4 Å². The molecule has 60 valence electrons. The number of ether oxygens (including phenoxy) is 1. The molecule has 1 rings (SSSR count). The normalized spacial score (nSPS) is 38.1. The molecule has 10 heavy (non-hydrogen) atoms. The summed E-state index contributed by atoms with van der Waals surface area (Å²) in [4.78, 5) is 0. The Hall–Kier alpha value is -0.0800. The van der Waals surface area contributed by atoms with E-state index < -0.39 is 0 Å². The van der Waals surface area contributed by atoms with E-state index in [4.69, 9.17) is 9.84 Å². The van der Waals surface area contributed by atoms with Crippen molar-refractivity contribution in [2.24, 2.45) is 0 Å². The molecule has 1 saturated heterocycles. The summed E-state index contributed by atoms with van der Waals surface area (Å²) in [7, 11) is 0. The van der Waals surface area contributed by atoms with Gasteiger partial charge in [0.1, 0.15) is 5.60 Å². The molecule has 1 aliphatic heterocycles. The van der Waals surface area contributed by atoms with E-state index in [1.807, 2.05) is 0 Å². The second kappa shape index (κ2) is 2.89.